The van der Waals surface area contributed by atoms with Gasteiger partial charge >= 0.3 is 0 Å². The van der Waals surface area contributed by atoms with E-state index in [1.807, 2.05) is 24.1 Å². The molecule has 1 aromatic heterocycles. The zero-order valence-corrected chi connectivity index (χ0v) is 10.1. The van der Waals surface area contributed by atoms with Gasteiger partial charge in [-0.05, 0) is 12.1 Å². The summed E-state index contributed by atoms with van der Waals surface area (Å²) >= 11 is 0. The lowest BCUT2D eigenvalue weighted by Crippen LogP contribution is -2.45. The highest BCUT2D eigenvalue weighted by Crippen LogP contribution is 2.23. The molecule has 0 aromatic carbocycles. The number of hydrogen-bond acceptors (Lipinski definition) is 5. The predicted molar refractivity (Wildman–Crippen MR) is 66.9 cm³/mol. The number of pyridine rings is 1. The number of nitrogen functional groups attached to an aromatic ring is 1. The molecule has 2 rings (SSSR count). The van der Waals surface area contributed by atoms with Gasteiger partial charge in [-0.3, -0.25) is 0 Å². The van der Waals surface area contributed by atoms with Crippen LogP contribution in [0.2, 0.25) is 0 Å². The van der Waals surface area contributed by atoms with Crippen LogP contribution in [0.3, 0.4) is 0 Å². The second kappa shape index (κ2) is 4.89. The van der Waals surface area contributed by atoms with Gasteiger partial charge in [0.15, 0.2) is 0 Å². The van der Waals surface area contributed by atoms with Crippen molar-refractivity contribution < 1.29 is 9.84 Å². The first-order chi connectivity index (χ1) is 8.09. The fourth-order valence-electron chi connectivity index (χ4n) is 2.06. The van der Waals surface area contributed by atoms with Crippen molar-refractivity contribution in [3.05, 3.63) is 18.3 Å². The zero-order chi connectivity index (χ0) is 12.3. The van der Waals surface area contributed by atoms with Gasteiger partial charge in [-0.2, -0.15) is 0 Å². The van der Waals surface area contributed by atoms with Crippen LogP contribution >= 0.6 is 0 Å². The number of ether oxygens (including phenoxy) is 1. The van der Waals surface area contributed by atoms with Gasteiger partial charge in [0, 0.05) is 39.6 Å². The van der Waals surface area contributed by atoms with Gasteiger partial charge in [-0.1, -0.05) is 0 Å². The molecule has 1 saturated heterocycles. The summed E-state index contributed by atoms with van der Waals surface area (Å²) in [6.07, 6.45) is 2.97. The molecule has 1 aromatic rings. The van der Waals surface area contributed by atoms with Gasteiger partial charge in [0.25, 0.3) is 0 Å². The van der Waals surface area contributed by atoms with E-state index in [1.54, 1.807) is 6.20 Å². The topological polar surface area (TPSA) is 71.6 Å². The first-order valence-electron chi connectivity index (χ1n) is 5.82. The second-order valence-electron chi connectivity index (χ2n) is 4.64. The summed E-state index contributed by atoms with van der Waals surface area (Å²) in [6.45, 7) is 1.81. The normalized spacial score (nSPS) is 18.9. The highest BCUT2D eigenvalue weighted by Gasteiger charge is 2.31. The molecule has 0 saturated carbocycles. The lowest BCUT2D eigenvalue weighted by molar-refractivity contribution is -0.0573. The Morgan fingerprint density at radius 3 is 2.76 bits per heavy atom. The Hall–Kier alpha value is -1.33. The first-order valence-corrected chi connectivity index (χ1v) is 5.82. The minimum absolute atomic E-state index is 0.563. The Kier molecular flexibility index (Phi) is 3.49. The molecule has 5 nitrogen and oxygen atoms in total. The van der Waals surface area contributed by atoms with E-state index in [2.05, 4.69) is 4.98 Å². The molecule has 2 heterocycles. The van der Waals surface area contributed by atoms with Crippen LogP contribution in [0.5, 0.6) is 0 Å². The maximum Gasteiger partial charge on any atom is 0.128 e. The summed E-state index contributed by atoms with van der Waals surface area (Å²) in [5.74, 6) is 0.819. The van der Waals surface area contributed by atoms with Crippen molar-refractivity contribution >= 4 is 11.5 Å². The third-order valence-electron chi connectivity index (χ3n) is 3.12. The number of rotatable bonds is 3. The molecule has 0 bridgehead atoms. The monoisotopic (exact) mass is 237 g/mol. The van der Waals surface area contributed by atoms with Gasteiger partial charge in [0.1, 0.15) is 5.82 Å². The molecule has 0 spiro atoms. The minimum Gasteiger partial charge on any atom is -0.397 e. The molecule has 1 fully saturated rings. The largest absolute Gasteiger partial charge is 0.397 e. The van der Waals surface area contributed by atoms with E-state index < -0.39 is 5.60 Å². The van der Waals surface area contributed by atoms with Crippen molar-refractivity contribution in [3.8, 4) is 0 Å². The van der Waals surface area contributed by atoms with Gasteiger partial charge in [0.2, 0.25) is 0 Å². The van der Waals surface area contributed by atoms with Gasteiger partial charge in [0.05, 0.1) is 17.5 Å². The van der Waals surface area contributed by atoms with Crippen molar-refractivity contribution in [3.63, 3.8) is 0 Å². The molecule has 1 aliphatic rings. The van der Waals surface area contributed by atoms with Crippen molar-refractivity contribution in [1.29, 1.82) is 0 Å². The number of aliphatic hydroxyl groups is 1. The zero-order valence-electron chi connectivity index (χ0n) is 10.1. The van der Waals surface area contributed by atoms with Gasteiger partial charge in [-0.15, -0.1) is 0 Å². The molecular weight excluding hydrogens is 218 g/mol. The van der Waals surface area contributed by atoms with Crippen molar-refractivity contribution in [1.82, 2.24) is 4.98 Å². The SMILES string of the molecule is CN(CC1(O)CCOCC1)c1ccc(N)cn1. The van der Waals surface area contributed by atoms with E-state index in [1.165, 1.54) is 0 Å². The van der Waals surface area contributed by atoms with Crippen molar-refractivity contribution in [2.75, 3.05) is 37.4 Å². The maximum absolute atomic E-state index is 10.4. The summed E-state index contributed by atoms with van der Waals surface area (Å²) in [7, 11) is 1.92. The average molecular weight is 237 g/mol. The molecule has 5 heteroatoms. The summed E-state index contributed by atoms with van der Waals surface area (Å²) < 4.78 is 5.26. The standard InChI is InChI=1S/C12H19N3O2/c1-15(11-3-2-10(13)8-14-11)9-12(16)4-6-17-7-5-12/h2-3,8,16H,4-7,9,13H2,1H3. The number of anilines is 2. The van der Waals surface area contributed by atoms with Crippen LogP contribution in [0, 0.1) is 0 Å². The van der Waals surface area contributed by atoms with Crippen molar-refractivity contribution in [2.45, 2.75) is 18.4 Å². The Morgan fingerprint density at radius 2 is 2.18 bits per heavy atom. The van der Waals surface area contributed by atoms with E-state index in [9.17, 15) is 5.11 Å². The minimum atomic E-state index is -0.671. The Balaban J connectivity index is 2.00. The Morgan fingerprint density at radius 1 is 1.47 bits per heavy atom. The highest BCUT2D eigenvalue weighted by molar-refractivity contribution is 5.45. The maximum atomic E-state index is 10.4. The van der Waals surface area contributed by atoms with Crippen LogP contribution in [0.15, 0.2) is 18.3 Å². The molecule has 0 unspecified atom stereocenters. The number of nitrogens with two attached hydrogens (primary N) is 1. The predicted octanol–water partition coefficient (Wildman–Crippen LogP) is 0.641. The van der Waals surface area contributed by atoms with Crippen LogP contribution in [-0.4, -0.2) is 42.5 Å². The fourth-order valence-corrected chi connectivity index (χ4v) is 2.06. The summed E-state index contributed by atoms with van der Waals surface area (Å²) in [4.78, 5) is 6.18. The van der Waals surface area contributed by atoms with E-state index in [-0.39, 0.29) is 0 Å². The van der Waals surface area contributed by atoms with Crippen LogP contribution < -0.4 is 10.6 Å². The van der Waals surface area contributed by atoms with E-state index in [0.29, 0.717) is 38.3 Å². The number of nitrogens with zero attached hydrogens (tertiary/aromatic N) is 2. The number of likely N-dealkylation sites (N-methyl/N-ethyl adjacent to an activating group) is 1. The fraction of sp³-hybridized carbons (Fsp3) is 0.583. The number of aromatic nitrogens is 1. The molecule has 0 aliphatic carbocycles. The molecule has 1 aliphatic heterocycles. The highest BCUT2D eigenvalue weighted by atomic mass is 16.5. The molecule has 3 N–H and O–H groups in total. The van der Waals surface area contributed by atoms with E-state index >= 15 is 0 Å². The third-order valence-corrected chi connectivity index (χ3v) is 3.12. The van der Waals surface area contributed by atoms with Crippen LogP contribution in [-0.2, 0) is 4.74 Å². The first kappa shape index (κ1) is 12.1. The van der Waals surface area contributed by atoms with Crippen LogP contribution in [0.1, 0.15) is 12.8 Å². The second-order valence-corrected chi connectivity index (χ2v) is 4.64. The van der Waals surface area contributed by atoms with Gasteiger partial charge in [-0.25, -0.2) is 4.98 Å². The molecular formula is C12H19N3O2. The summed E-state index contributed by atoms with van der Waals surface area (Å²) in [6, 6.07) is 3.67. The Labute approximate surface area is 101 Å². The molecule has 0 atom stereocenters. The lowest BCUT2D eigenvalue weighted by Gasteiger charge is -2.35. The summed E-state index contributed by atoms with van der Waals surface area (Å²) in [5, 5.41) is 10.4. The average Bonchev–Trinajstić information content (AvgIpc) is 2.30. The van der Waals surface area contributed by atoms with Crippen LogP contribution in [0.4, 0.5) is 11.5 Å². The molecule has 0 radical (unpaired) electrons. The number of hydrogen-bond donors (Lipinski definition) is 2. The molecule has 94 valence electrons. The lowest BCUT2D eigenvalue weighted by atomic mass is 9.94. The van der Waals surface area contributed by atoms with Crippen molar-refractivity contribution in [2.24, 2.45) is 0 Å². The van der Waals surface area contributed by atoms with Gasteiger partial charge < -0.3 is 20.5 Å². The smallest absolute Gasteiger partial charge is 0.128 e. The van der Waals surface area contributed by atoms with Crippen LogP contribution in [0.25, 0.3) is 0 Å². The van der Waals surface area contributed by atoms with E-state index in [0.717, 1.165) is 5.82 Å². The third kappa shape index (κ3) is 3.08. The molecule has 0 amide bonds. The molecule has 17 heavy (non-hydrogen) atoms. The van der Waals surface area contributed by atoms with E-state index in [4.69, 9.17) is 10.5 Å². The Bertz CT molecular complexity index is 361. The quantitative estimate of drug-likeness (QED) is 0.807. The summed E-state index contributed by atoms with van der Waals surface area (Å²) in [5.41, 5.74) is 5.56.